The quantitative estimate of drug-likeness (QED) is 0.777. The zero-order valence-corrected chi connectivity index (χ0v) is 12.7. The molecule has 106 valence electrons. The average molecular weight is 281 g/mol. The Labute approximate surface area is 122 Å². The van der Waals surface area contributed by atoms with Gasteiger partial charge in [-0.25, -0.2) is 0 Å². The van der Waals surface area contributed by atoms with Crippen LogP contribution in [-0.4, -0.2) is 17.6 Å². The van der Waals surface area contributed by atoms with Gasteiger partial charge in [0.15, 0.2) is 0 Å². The van der Waals surface area contributed by atoms with Crippen molar-refractivity contribution in [1.29, 1.82) is 0 Å². The molecule has 0 aliphatic heterocycles. The van der Waals surface area contributed by atoms with E-state index in [0.717, 1.165) is 13.0 Å². The number of aromatic amines is 1. The van der Waals surface area contributed by atoms with Crippen molar-refractivity contribution in [3.05, 3.63) is 36.0 Å². The molecule has 2 nitrogen and oxygen atoms in total. The van der Waals surface area contributed by atoms with Gasteiger partial charge in [0.1, 0.15) is 0 Å². The summed E-state index contributed by atoms with van der Waals surface area (Å²) < 4.78 is 0. The van der Waals surface area contributed by atoms with Crippen molar-refractivity contribution in [2.24, 2.45) is 0 Å². The van der Waals surface area contributed by atoms with Crippen LogP contribution in [0.15, 0.2) is 30.5 Å². The summed E-state index contributed by atoms with van der Waals surface area (Å²) >= 11 is 0. The minimum Gasteiger partial charge on any atom is -0.361 e. The van der Waals surface area contributed by atoms with Crippen LogP contribution in [0.25, 0.3) is 10.9 Å². The SMILES string of the molecule is CCCNC(CCC)Cc1ccc2cc[nH]c2c1.Cl. The van der Waals surface area contributed by atoms with E-state index < -0.39 is 0 Å². The van der Waals surface area contributed by atoms with Crippen LogP contribution >= 0.6 is 12.4 Å². The van der Waals surface area contributed by atoms with Gasteiger partial charge in [0.2, 0.25) is 0 Å². The Bertz CT molecular complexity index is 478. The number of nitrogens with one attached hydrogen (secondary N) is 2. The predicted octanol–water partition coefficient (Wildman–Crippen LogP) is 4.30. The topological polar surface area (TPSA) is 27.8 Å². The van der Waals surface area contributed by atoms with Crippen LogP contribution in [0.5, 0.6) is 0 Å². The summed E-state index contributed by atoms with van der Waals surface area (Å²) in [4.78, 5) is 3.29. The summed E-state index contributed by atoms with van der Waals surface area (Å²) in [5.41, 5.74) is 2.67. The van der Waals surface area contributed by atoms with Crippen LogP contribution in [0, 0.1) is 0 Å². The molecule has 0 saturated carbocycles. The molecule has 1 aromatic heterocycles. The van der Waals surface area contributed by atoms with Crippen LogP contribution in [0.3, 0.4) is 0 Å². The van der Waals surface area contributed by atoms with E-state index in [0.29, 0.717) is 6.04 Å². The number of aromatic nitrogens is 1. The maximum atomic E-state index is 3.65. The molecule has 0 saturated heterocycles. The highest BCUT2D eigenvalue weighted by Crippen LogP contribution is 2.16. The van der Waals surface area contributed by atoms with Crippen LogP contribution in [0.2, 0.25) is 0 Å². The first-order valence-electron chi connectivity index (χ1n) is 7.13. The van der Waals surface area contributed by atoms with E-state index >= 15 is 0 Å². The van der Waals surface area contributed by atoms with Gasteiger partial charge in [-0.15, -0.1) is 12.4 Å². The second-order valence-electron chi connectivity index (χ2n) is 5.04. The summed E-state index contributed by atoms with van der Waals surface area (Å²) in [5.74, 6) is 0. The van der Waals surface area contributed by atoms with Crippen molar-refractivity contribution in [3.8, 4) is 0 Å². The third kappa shape index (κ3) is 4.55. The minimum atomic E-state index is 0. The van der Waals surface area contributed by atoms with E-state index in [1.165, 1.54) is 35.7 Å². The lowest BCUT2D eigenvalue weighted by Crippen LogP contribution is -2.31. The fourth-order valence-electron chi connectivity index (χ4n) is 2.48. The average Bonchev–Trinajstić information content (AvgIpc) is 2.83. The molecule has 1 unspecified atom stereocenters. The van der Waals surface area contributed by atoms with E-state index in [9.17, 15) is 0 Å². The highest BCUT2D eigenvalue weighted by Gasteiger charge is 2.08. The molecular formula is C16H25ClN2. The molecule has 0 spiro atoms. The zero-order chi connectivity index (χ0) is 12.8. The Kier molecular flexibility index (Phi) is 6.96. The number of halogens is 1. The fourth-order valence-corrected chi connectivity index (χ4v) is 2.48. The molecule has 1 aromatic carbocycles. The largest absolute Gasteiger partial charge is 0.361 e. The van der Waals surface area contributed by atoms with E-state index in [2.05, 4.69) is 48.4 Å². The van der Waals surface area contributed by atoms with E-state index in [-0.39, 0.29) is 12.4 Å². The van der Waals surface area contributed by atoms with Crippen molar-refractivity contribution in [3.63, 3.8) is 0 Å². The molecule has 2 rings (SSSR count). The van der Waals surface area contributed by atoms with Gasteiger partial charge in [0, 0.05) is 17.8 Å². The monoisotopic (exact) mass is 280 g/mol. The summed E-state index contributed by atoms with van der Waals surface area (Å²) in [6.45, 7) is 5.60. The smallest absolute Gasteiger partial charge is 0.0456 e. The minimum absolute atomic E-state index is 0. The number of benzene rings is 1. The van der Waals surface area contributed by atoms with E-state index in [4.69, 9.17) is 0 Å². The number of rotatable bonds is 7. The fraction of sp³-hybridized carbons (Fsp3) is 0.500. The van der Waals surface area contributed by atoms with Crippen LogP contribution < -0.4 is 5.32 Å². The Morgan fingerprint density at radius 1 is 1.16 bits per heavy atom. The van der Waals surface area contributed by atoms with Gasteiger partial charge in [-0.3, -0.25) is 0 Å². The molecule has 0 aliphatic rings. The lowest BCUT2D eigenvalue weighted by molar-refractivity contribution is 0.473. The molecule has 2 N–H and O–H groups in total. The lowest BCUT2D eigenvalue weighted by atomic mass is 10.0. The van der Waals surface area contributed by atoms with Gasteiger partial charge in [0.05, 0.1) is 0 Å². The highest BCUT2D eigenvalue weighted by atomic mass is 35.5. The molecule has 19 heavy (non-hydrogen) atoms. The third-order valence-corrected chi connectivity index (χ3v) is 3.42. The highest BCUT2D eigenvalue weighted by molar-refractivity contribution is 5.85. The summed E-state index contributed by atoms with van der Waals surface area (Å²) in [5, 5.41) is 4.95. The Morgan fingerprint density at radius 3 is 2.74 bits per heavy atom. The molecule has 1 heterocycles. The maximum absolute atomic E-state index is 3.65. The van der Waals surface area contributed by atoms with Gasteiger partial charge in [0.25, 0.3) is 0 Å². The second-order valence-corrected chi connectivity index (χ2v) is 5.04. The number of H-pyrrole nitrogens is 1. The van der Waals surface area contributed by atoms with Gasteiger partial charge in [-0.05, 0) is 48.9 Å². The van der Waals surface area contributed by atoms with Crippen molar-refractivity contribution < 1.29 is 0 Å². The van der Waals surface area contributed by atoms with Gasteiger partial charge in [-0.1, -0.05) is 32.4 Å². The van der Waals surface area contributed by atoms with Gasteiger partial charge >= 0.3 is 0 Å². The molecule has 2 aromatic rings. The zero-order valence-electron chi connectivity index (χ0n) is 11.9. The summed E-state index contributed by atoms with van der Waals surface area (Å²) in [7, 11) is 0. The first-order valence-corrected chi connectivity index (χ1v) is 7.13. The molecule has 0 bridgehead atoms. The summed E-state index contributed by atoms with van der Waals surface area (Å²) in [6, 6.07) is 9.49. The molecule has 0 radical (unpaired) electrons. The predicted molar refractivity (Wildman–Crippen MR) is 86.2 cm³/mol. The third-order valence-electron chi connectivity index (χ3n) is 3.42. The Hall–Kier alpha value is -0.990. The first kappa shape index (κ1) is 16.1. The lowest BCUT2D eigenvalue weighted by Gasteiger charge is -2.17. The van der Waals surface area contributed by atoms with Crippen molar-refractivity contribution >= 4 is 23.3 Å². The number of fused-ring (bicyclic) bond motifs is 1. The van der Waals surface area contributed by atoms with Crippen LogP contribution in [0.4, 0.5) is 0 Å². The first-order chi connectivity index (χ1) is 8.83. The standard InChI is InChI=1S/C16H24N2.ClH/c1-3-5-15(17-9-4-2)11-13-6-7-14-8-10-18-16(14)12-13;/h6-8,10,12,15,17-18H,3-5,9,11H2,1-2H3;1H. The molecule has 0 aliphatic carbocycles. The molecule has 3 heteroatoms. The number of hydrogen-bond acceptors (Lipinski definition) is 1. The maximum Gasteiger partial charge on any atom is 0.0456 e. The molecule has 1 atom stereocenters. The van der Waals surface area contributed by atoms with Crippen LogP contribution in [-0.2, 0) is 6.42 Å². The Morgan fingerprint density at radius 2 is 2.00 bits per heavy atom. The van der Waals surface area contributed by atoms with E-state index in [1.807, 2.05) is 6.20 Å². The second kappa shape index (κ2) is 8.23. The Balaban J connectivity index is 0.00000180. The normalized spacial score (nSPS) is 12.3. The molecule has 0 amide bonds. The van der Waals surface area contributed by atoms with Gasteiger partial charge in [-0.2, -0.15) is 0 Å². The van der Waals surface area contributed by atoms with Crippen LogP contribution in [0.1, 0.15) is 38.7 Å². The van der Waals surface area contributed by atoms with Crippen molar-refractivity contribution in [2.75, 3.05) is 6.54 Å². The van der Waals surface area contributed by atoms with Crippen molar-refractivity contribution in [1.82, 2.24) is 10.3 Å². The molecular weight excluding hydrogens is 256 g/mol. The van der Waals surface area contributed by atoms with Gasteiger partial charge < -0.3 is 10.3 Å². The number of hydrogen-bond donors (Lipinski definition) is 2. The molecule has 0 fully saturated rings. The van der Waals surface area contributed by atoms with Crippen molar-refractivity contribution in [2.45, 2.75) is 45.6 Å². The van der Waals surface area contributed by atoms with E-state index in [1.54, 1.807) is 0 Å². The summed E-state index contributed by atoms with van der Waals surface area (Å²) in [6.07, 6.45) is 6.83.